The average molecular weight is 578 g/mol. The zero-order valence-electron chi connectivity index (χ0n) is 24.4. The van der Waals surface area contributed by atoms with Crippen LogP contribution in [0.2, 0.25) is 0 Å². The SMILES string of the molecule is C1=Cc2c(c3ccccc3n2-c2cccc(-c3cccc(-c4cccc(-c5c6ccccc6cc6ccccc56)n4)n3)n2)CN1. The second kappa shape index (κ2) is 10.3. The maximum Gasteiger partial charge on any atom is 0.138 e. The van der Waals surface area contributed by atoms with Gasteiger partial charge in [-0.1, -0.05) is 84.9 Å². The molecule has 0 spiro atoms. The molecule has 4 aromatic heterocycles. The zero-order valence-corrected chi connectivity index (χ0v) is 24.4. The number of nitrogens with one attached hydrogen (secondary N) is 1. The molecule has 0 fully saturated rings. The first-order valence-electron chi connectivity index (χ1n) is 15.2. The van der Waals surface area contributed by atoms with Crippen molar-refractivity contribution in [2.45, 2.75) is 6.54 Å². The lowest BCUT2D eigenvalue weighted by Crippen LogP contribution is -2.11. The molecule has 0 amide bonds. The van der Waals surface area contributed by atoms with Crippen molar-refractivity contribution in [3.05, 3.63) is 151 Å². The first-order chi connectivity index (χ1) is 22.3. The highest BCUT2D eigenvalue weighted by Crippen LogP contribution is 2.37. The van der Waals surface area contributed by atoms with E-state index in [0.29, 0.717) is 0 Å². The molecule has 212 valence electrons. The lowest BCUT2D eigenvalue weighted by atomic mass is 9.94. The second-order valence-corrected chi connectivity index (χ2v) is 11.3. The van der Waals surface area contributed by atoms with Gasteiger partial charge in [0, 0.05) is 23.1 Å². The Labute approximate surface area is 260 Å². The number of hydrogen-bond donors (Lipinski definition) is 1. The summed E-state index contributed by atoms with van der Waals surface area (Å²) in [6.45, 7) is 0.795. The summed E-state index contributed by atoms with van der Waals surface area (Å²) >= 11 is 0. The van der Waals surface area contributed by atoms with E-state index >= 15 is 0 Å². The van der Waals surface area contributed by atoms with Crippen LogP contribution in [0.15, 0.2) is 140 Å². The number of aromatic nitrogens is 4. The van der Waals surface area contributed by atoms with E-state index in [1.807, 2.05) is 36.5 Å². The Hall–Kier alpha value is -6.07. The summed E-state index contributed by atoms with van der Waals surface area (Å²) < 4.78 is 2.24. The standard InChI is InChI=1S/C40H27N5/c1-3-12-28-26(10-1)24-27-11-2-4-13-29(27)40(28)36-19-8-17-33(43-36)32-15-7-16-34(42-32)35-18-9-21-39(44-35)45-37-20-6-5-14-30(37)31-25-41-23-22-38(31)45/h1-24,41H,25H2. The molecule has 5 nitrogen and oxygen atoms in total. The molecule has 0 bridgehead atoms. The minimum Gasteiger partial charge on any atom is -0.387 e. The summed E-state index contributed by atoms with van der Waals surface area (Å²) in [6, 6.07) is 46.3. The van der Waals surface area contributed by atoms with Gasteiger partial charge in [0.1, 0.15) is 5.82 Å². The first kappa shape index (κ1) is 25.4. The van der Waals surface area contributed by atoms with E-state index in [-0.39, 0.29) is 0 Å². The van der Waals surface area contributed by atoms with Crippen LogP contribution in [0.3, 0.4) is 0 Å². The number of para-hydroxylation sites is 1. The lowest BCUT2D eigenvalue weighted by molar-refractivity contribution is 0.852. The van der Waals surface area contributed by atoms with Gasteiger partial charge in [-0.25, -0.2) is 15.0 Å². The van der Waals surface area contributed by atoms with Gasteiger partial charge < -0.3 is 5.32 Å². The van der Waals surface area contributed by atoms with Crippen LogP contribution >= 0.6 is 0 Å². The number of fused-ring (bicyclic) bond motifs is 5. The smallest absolute Gasteiger partial charge is 0.138 e. The van der Waals surface area contributed by atoms with Gasteiger partial charge in [-0.2, -0.15) is 0 Å². The molecule has 45 heavy (non-hydrogen) atoms. The molecule has 0 radical (unpaired) electrons. The van der Waals surface area contributed by atoms with Crippen molar-refractivity contribution in [3.8, 4) is 39.9 Å². The zero-order chi connectivity index (χ0) is 29.7. The van der Waals surface area contributed by atoms with Crippen LogP contribution in [0.25, 0.3) is 78.4 Å². The molecule has 5 heteroatoms. The Kier molecular flexibility index (Phi) is 5.81. The summed E-state index contributed by atoms with van der Waals surface area (Å²) in [5.74, 6) is 0.867. The van der Waals surface area contributed by atoms with E-state index in [0.717, 1.165) is 57.6 Å². The third-order valence-corrected chi connectivity index (χ3v) is 8.67. The Morgan fingerprint density at radius 2 is 1.07 bits per heavy atom. The minimum absolute atomic E-state index is 0.795. The molecular formula is C40H27N5. The molecule has 0 aliphatic carbocycles. The van der Waals surface area contributed by atoms with Crippen LogP contribution in [-0.2, 0) is 6.54 Å². The van der Waals surface area contributed by atoms with E-state index < -0.39 is 0 Å². The average Bonchev–Trinajstić information content (AvgIpc) is 3.45. The Balaban J connectivity index is 1.15. The number of rotatable bonds is 4. The fourth-order valence-corrected chi connectivity index (χ4v) is 6.65. The van der Waals surface area contributed by atoms with Crippen LogP contribution in [0.1, 0.15) is 11.3 Å². The van der Waals surface area contributed by atoms with Crippen LogP contribution in [0, 0.1) is 0 Å². The molecule has 8 aromatic rings. The van der Waals surface area contributed by atoms with Crippen molar-refractivity contribution in [1.82, 2.24) is 24.8 Å². The fourth-order valence-electron chi connectivity index (χ4n) is 6.65. The molecule has 0 saturated heterocycles. The highest BCUT2D eigenvalue weighted by molar-refractivity contribution is 6.12. The molecule has 0 unspecified atom stereocenters. The maximum atomic E-state index is 5.19. The van der Waals surface area contributed by atoms with Crippen molar-refractivity contribution in [2.75, 3.05) is 0 Å². The van der Waals surface area contributed by atoms with Gasteiger partial charge in [0.15, 0.2) is 0 Å². The van der Waals surface area contributed by atoms with Crippen molar-refractivity contribution in [3.63, 3.8) is 0 Å². The molecule has 1 N–H and O–H groups in total. The fraction of sp³-hybridized carbons (Fsp3) is 0.0250. The van der Waals surface area contributed by atoms with Crippen molar-refractivity contribution in [1.29, 1.82) is 0 Å². The van der Waals surface area contributed by atoms with Crippen molar-refractivity contribution >= 4 is 38.5 Å². The van der Waals surface area contributed by atoms with Gasteiger partial charge in [-0.15, -0.1) is 0 Å². The quantitative estimate of drug-likeness (QED) is 0.212. The number of benzene rings is 4. The molecule has 1 aliphatic rings. The third kappa shape index (κ3) is 4.20. The minimum atomic E-state index is 0.795. The van der Waals surface area contributed by atoms with E-state index in [2.05, 4.69) is 119 Å². The predicted molar refractivity (Wildman–Crippen MR) is 184 cm³/mol. The summed E-state index contributed by atoms with van der Waals surface area (Å²) in [4.78, 5) is 15.4. The number of hydrogen-bond acceptors (Lipinski definition) is 4. The third-order valence-electron chi connectivity index (χ3n) is 8.67. The summed E-state index contributed by atoms with van der Waals surface area (Å²) in [7, 11) is 0. The van der Waals surface area contributed by atoms with Crippen LogP contribution in [-0.4, -0.2) is 19.5 Å². The van der Waals surface area contributed by atoms with E-state index in [9.17, 15) is 0 Å². The van der Waals surface area contributed by atoms with Crippen molar-refractivity contribution in [2.24, 2.45) is 0 Å². The van der Waals surface area contributed by atoms with Gasteiger partial charge in [0.2, 0.25) is 0 Å². The second-order valence-electron chi connectivity index (χ2n) is 11.3. The van der Waals surface area contributed by atoms with Crippen LogP contribution in [0.4, 0.5) is 0 Å². The monoisotopic (exact) mass is 577 g/mol. The van der Waals surface area contributed by atoms with E-state index in [1.165, 1.54) is 32.5 Å². The summed E-state index contributed by atoms with van der Waals surface area (Å²) in [6.07, 6.45) is 4.14. The van der Waals surface area contributed by atoms with Crippen LogP contribution in [0.5, 0.6) is 0 Å². The molecule has 0 atom stereocenters. The molecule has 4 aromatic carbocycles. The van der Waals surface area contributed by atoms with Gasteiger partial charge in [-0.05, 0) is 82.4 Å². The van der Waals surface area contributed by atoms with E-state index in [1.54, 1.807) is 0 Å². The Bertz CT molecular complexity index is 2400. The molecule has 1 aliphatic heterocycles. The van der Waals surface area contributed by atoms with E-state index in [4.69, 9.17) is 15.0 Å². The van der Waals surface area contributed by atoms with Gasteiger partial charge in [-0.3, -0.25) is 4.57 Å². The van der Waals surface area contributed by atoms with Gasteiger partial charge in [0.05, 0.1) is 39.7 Å². The van der Waals surface area contributed by atoms with Crippen LogP contribution < -0.4 is 5.32 Å². The van der Waals surface area contributed by atoms with Crippen molar-refractivity contribution < 1.29 is 0 Å². The van der Waals surface area contributed by atoms with Gasteiger partial charge >= 0.3 is 0 Å². The number of pyridine rings is 3. The predicted octanol–water partition coefficient (Wildman–Crippen LogP) is 9.20. The highest BCUT2D eigenvalue weighted by atomic mass is 15.1. The summed E-state index contributed by atoms with van der Waals surface area (Å²) in [5, 5.41) is 9.38. The maximum absolute atomic E-state index is 5.19. The Morgan fingerprint density at radius 1 is 0.511 bits per heavy atom. The van der Waals surface area contributed by atoms with Gasteiger partial charge in [0.25, 0.3) is 0 Å². The Morgan fingerprint density at radius 3 is 1.78 bits per heavy atom. The molecule has 0 saturated carbocycles. The largest absolute Gasteiger partial charge is 0.387 e. The molecule has 5 heterocycles. The normalized spacial score (nSPS) is 12.4. The summed E-state index contributed by atoms with van der Waals surface area (Å²) in [5.41, 5.74) is 8.91. The number of nitrogens with zero attached hydrogens (tertiary/aromatic N) is 4. The lowest BCUT2D eigenvalue weighted by Gasteiger charge is -2.13. The molecular weight excluding hydrogens is 550 g/mol. The highest BCUT2D eigenvalue weighted by Gasteiger charge is 2.19. The molecule has 9 rings (SSSR count). The first-order valence-corrected chi connectivity index (χ1v) is 15.2. The topological polar surface area (TPSA) is 55.6 Å².